The number of aryl methyl sites for hydroxylation is 1. The zero-order valence-corrected chi connectivity index (χ0v) is 19.6. The molecule has 2 rings (SSSR count). The van der Waals surface area contributed by atoms with Crippen LogP contribution in [-0.2, 0) is 21.9 Å². The normalized spacial score (nSPS) is 11.7. The molecule has 6 heteroatoms. The molecule has 4 nitrogen and oxygen atoms in total. The molecule has 30 heavy (non-hydrogen) atoms. The zero-order chi connectivity index (χ0) is 21.9. The van der Waals surface area contributed by atoms with Crippen LogP contribution in [0.5, 0.6) is 0 Å². The maximum atomic E-state index is 13.1. The van der Waals surface area contributed by atoms with Gasteiger partial charge in [0.25, 0.3) is 0 Å². The summed E-state index contributed by atoms with van der Waals surface area (Å²) in [5.41, 5.74) is 3.35. The number of nitrogens with one attached hydrogen (secondary N) is 1. The minimum absolute atomic E-state index is 0.0494. The fourth-order valence-electron chi connectivity index (χ4n) is 3.05. The van der Waals surface area contributed by atoms with Gasteiger partial charge in [-0.2, -0.15) is 0 Å². The van der Waals surface area contributed by atoms with Crippen LogP contribution in [0.15, 0.2) is 48.5 Å². The zero-order valence-electron chi connectivity index (χ0n) is 18.0. The maximum absolute atomic E-state index is 13.1. The van der Waals surface area contributed by atoms with Gasteiger partial charge in [-0.05, 0) is 49.1 Å². The fourth-order valence-corrected chi connectivity index (χ4v) is 4.25. The predicted molar refractivity (Wildman–Crippen MR) is 127 cm³/mol. The molecule has 0 saturated carbocycles. The Labute approximate surface area is 189 Å². The van der Waals surface area contributed by atoms with Gasteiger partial charge in [0.2, 0.25) is 11.8 Å². The summed E-state index contributed by atoms with van der Waals surface area (Å²) in [5.74, 6) is 0.913. The summed E-state index contributed by atoms with van der Waals surface area (Å²) >= 11 is 7.69. The molecule has 2 amide bonds. The van der Waals surface area contributed by atoms with E-state index in [1.54, 1.807) is 29.7 Å². The van der Waals surface area contributed by atoms with E-state index in [0.717, 1.165) is 24.2 Å². The van der Waals surface area contributed by atoms with Crippen molar-refractivity contribution in [3.8, 4) is 0 Å². The second-order valence-electron chi connectivity index (χ2n) is 7.39. The Balaban J connectivity index is 2.05. The van der Waals surface area contributed by atoms with Crippen molar-refractivity contribution in [1.82, 2.24) is 10.2 Å². The molecule has 0 bridgehead atoms. The number of thioether (sulfide) groups is 1. The molecule has 2 aromatic rings. The summed E-state index contributed by atoms with van der Waals surface area (Å²) in [5, 5.41) is 3.56. The first-order chi connectivity index (χ1) is 14.4. The highest BCUT2D eigenvalue weighted by Crippen LogP contribution is 2.19. The van der Waals surface area contributed by atoms with Crippen molar-refractivity contribution < 1.29 is 9.59 Å². The van der Waals surface area contributed by atoms with Crippen LogP contribution in [0.3, 0.4) is 0 Å². The Morgan fingerprint density at radius 1 is 1.17 bits per heavy atom. The molecular weight excluding hydrogens is 416 g/mol. The van der Waals surface area contributed by atoms with Gasteiger partial charge in [0, 0.05) is 23.9 Å². The van der Waals surface area contributed by atoms with Crippen molar-refractivity contribution in [2.45, 2.75) is 52.0 Å². The van der Waals surface area contributed by atoms with Crippen molar-refractivity contribution in [2.24, 2.45) is 0 Å². The van der Waals surface area contributed by atoms with Crippen molar-refractivity contribution in [2.75, 3.05) is 12.3 Å². The van der Waals surface area contributed by atoms with Crippen LogP contribution in [0.25, 0.3) is 0 Å². The lowest BCUT2D eigenvalue weighted by Gasteiger charge is -2.29. The number of rotatable bonds is 11. The average molecular weight is 447 g/mol. The highest BCUT2D eigenvalue weighted by molar-refractivity contribution is 7.99. The third-order valence-corrected chi connectivity index (χ3v) is 6.18. The lowest BCUT2D eigenvalue weighted by Crippen LogP contribution is -2.48. The molecule has 0 aliphatic carbocycles. The Morgan fingerprint density at radius 2 is 1.93 bits per heavy atom. The number of hydrogen-bond acceptors (Lipinski definition) is 3. The number of halogens is 1. The van der Waals surface area contributed by atoms with Gasteiger partial charge >= 0.3 is 0 Å². The molecule has 0 heterocycles. The Bertz CT molecular complexity index is 843. The quantitative estimate of drug-likeness (QED) is 0.481. The van der Waals surface area contributed by atoms with E-state index in [1.165, 1.54) is 11.1 Å². The minimum Gasteiger partial charge on any atom is -0.354 e. The number of benzene rings is 2. The highest BCUT2D eigenvalue weighted by Gasteiger charge is 2.25. The van der Waals surface area contributed by atoms with E-state index in [2.05, 4.69) is 31.3 Å². The van der Waals surface area contributed by atoms with Crippen molar-refractivity contribution in [3.63, 3.8) is 0 Å². The largest absolute Gasteiger partial charge is 0.354 e. The van der Waals surface area contributed by atoms with E-state index in [-0.39, 0.29) is 11.8 Å². The lowest BCUT2D eigenvalue weighted by atomic mass is 10.1. The number of carbonyl (C=O) groups is 2. The molecule has 0 saturated heterocycles. The van der Waals surface area contributed by atoms with Crippen LogP contribution < -0.4 is 5.32 Å². The smallest absolute Gasteiger partial charge is 0.242 e. The van der Waals surface area contributed by atoms with Crippen LogP contribution in [0, 0.1) is 6.92 Å². The van der Waals surface area contributed by atoms with Crippen LogP contribution >= 0.6 is 23.4 Å². The Hall–Kier alpha value is -1.98. The summed E-state index contributed by atoms with van der Waals surface area (Å²) in [6.07, 6.45) is 1.93. The maximum Gasteiger partial charge on any atom is 0.242 e. The van der Waals surface area contributed by atoms with Crippen LogP contribution in [0.4, 0.5) is 0 Å². The molecule has 0 aliphatic heterocycles. The first-order valence-electron chi connectivity index (χ1n) is 10.4. The average Bonchev–Trinajstić information content (AvgIpc) is 2.73. The van der Waals surface area contributed by atoms with Gasteiger partial charge in [-0.1, -0.05) is 61.3 Å². The van der Waals surface area contributed by atoms with Crippen molar-refractivity contribution >= 4 is 35.2 Å². The topological polar surface area (TPSA) is 49.4 Å². The number of unbranched alkanes of at least 4 members (excludes halogenated alkanes) is 1. The minimum atomic E-state index is -0.549. The van der Waals surface area contributed by atoms with Gasteiger partial charge in [0.15, 0.2) is 0 Å². The molecule has 1 N–H and O–H groups in total. The van der Waals surface area contributed by atoms with Gasteiger partial charge < -0.3 is 10.2 Å². The lowest BCUT2D eigenvalue weighted by molar-refractivity contribution is -0.138. The number of amides is 2. The number of carbonyl (C=O) groups excluding carboxylic acids is 2. The monoisotopic (exact) mass is 446 g/mol. The van der Waals surface area contributed by atoms with E-state index >= 15 is 0 Å². The standard InChI is InChI=1S/C24H31ClN2O2S/c1-4-5-13-26-24(29)19(3)27(15-20-10-8-12-22(25)14-20)23(28)17-30-16-21-11-7-6-9-18(21)2/h6-12,14,19H,4-5,13,15-17H2,1-3H3,(H,26,29)/t19-/m1/s1. The molecule has 0 spiro atoms. The SMILES string of the molecule is CCCCNC(=O)[C@@H](C)N(Cc1cccc(Cl)c1)C(=O)CSCc1ccccc1C. The predicted octanol–water partition coefficient (Wildman–Crippen LogP) is 5.22. The molecule has 0 aromatic heterocycles. The van der Waals surface area contributed by atoms with Gasteiger partial charge in [0.1, 0.15) is 6.04 Å². The first kappa shape index (κ1) is 24.3. The van der Waals surface area contributed by atoms with Crippen LogP contribution in [0.1, 0.15) is 43.4 Å². The molecule has 1 atom stereocenters. The molecule has 0 fully saturated rings. The number of hydrogen-bond donors (Lipinski definition) is 1. The second kappa shape index (κ2) is 12.7. The summed E-state index contributed by atoms with van der Waals surface area (Å²) < 4.78 is 0. The summed E-state index contributed by atoms with van der Waals surface area (Å²) in [4.78, 5) is 27.3. The van der Waals surface area contributed by atoms with Crippen molar-refractivity contribution in [3.05, 3.63) is 70.2 Å². The molecular formula is C24H31ClN2O2S. The molecule has 2 aromatic carbocycles. The van der Waals surface area contributed by atoms with Gasteiger partial charge in [-0.25, -0.2) is 0 Å². The van der Waals surface area contributed by atoms with E-state index in [4.69, 9.17) is 11.6 Å². The van der Waals surface area contributed by atoms with Gasteiger partial charge in [0.05, 0.1) is 5.75 Å². The molecule has 0 aliphatic rings. The van der Waals surface area contributed by atoms with Crippen molar-refractivity contribution in [1.29, 1.82) is 0 Å². The highest BCUT2D eigenvalue weighted by atomic mass is 35.5. The molecule has 0 radical (unpaired) electrons. The molecule has 162 valence electrons. The van der Waals surface area contributed by atoms with E-state index in [0.29, 0.717) is 23.9 Å². The fraction of sp³-hybridized carbons (Fsp3) is 0.417. The second-order valence-corrected chi connectivity index (χ2v) is 8.81. The molecule has 0 unspecified atom stereocenters. The first-order valence-corrected chi connectivity index (χ1v) is 11.9. The Morgan fingerprint density at radius 3 is 2.63 bits per heavy atom. The van der Waals surface area contributed by atoms with E-state index in [1.807, 2.05) is 30.3 Å². The summed E-state index contributed by atoms with van der Waals surface area (Å²) in [7, 11) is 0. The van der Waals surface area contributed by atoms with Gasteiger partial charge in [-0.3, -0.25) is 9.59 Å². The number of nitrogens with zero attached hydrogens (tertiary/aromatic N) is 1. The van der Waals surface area contributed by atoms with Gasteiger partial charge in [-0.15, -0.1) is 11.8 Å². The summed E-state index contributed by atoms with van der Waals surface area (Å²) in [6.45, 7) is 6.92. The third kappa shape index (κ3) is 7.69. The van der Waals surface area contributed by atoms with E-state index in [9.17, 15) is 9.59 Å². The van der Waals surface area contributed by atoms with E-state index < -0.39 is 6.04 Å². The Kier molecular flexibility index (Phi) is 10.2. The third-order valence-electron chi connectivity index (χ3n) is 4.98. The van der Waals surface area contributed by atoms with Crippen LogP contribution in [0.2, 0.25) is 5.02 Å². The summed E-state index contributed by atoms with van der Waals surface area (Å²) in [6, 6.07) is 15.1. The van der Waals surface area contributed by atoms with Crippen LogP contribution in [-0.4, -0.2) is 35.1 Å².